The first-order valence-corrected chi connectivity index (χ1v) is 4.52. The summed E-state index contributed by atoms with van der Waals surface area (Å²) in [5.74, 6) is 0. The third kappa shape index (κ3) is 1.13. The predicted molar refractivity (Wildman–Crippen MR) is 54.1 cm³/mol. The van der Waals surface area contributed by atoms with Gasteiger partial charge in [0.15, 0.2) is 0 Å². The van der Waals surface area contributed by atoms with E-state index in [0.29, 0.717) is 0 Å². The molecule has 2 nitrogen and oxygen atoms in total. The van der Waals surface area contributed by atoms with Crippen LogP contribution in [0.3, 0.4) is 0 Å². The van der Waals surface area contributed by atoms with Crippen LogP contribution in [0.2, 0.25) is 0 Å². The van der Waals surface area contributed by atoms with Crippen LogP contribution in [-0.4, -0.2) is 9.38 Å². The highest BCUT2D eigenvalue weighted by Gasteiger charge is 2.05. The van der Waals surface area contributed by atoms with Gasteiger partial charge in [0, 0.05) is 11.9 Å². The Labute approximate surface area is 78.2 Å². The maximum atomic E-state index is 4.44. The second-order valence-corrected chi connectivity index (χ2v) is 3.64. The number of fused-ring (bicyclic) bond motifs is 1. The summed E-state index contributed by atoms with van der Waals surface area (Å²) in [4.78, 5) is 4.44. The molecule has 68 valence electrons. The SMILES string of the molecule is Cc1cn2c(C)c(C)cc2c(C)n1. The van der Waals surface area contributed by atoms with Gasteiger partial charge in [-0.05, 0) is 39.3 Å². The maximum absolute atomic E-state index is 4.44. The van der Waals surface area contributed by atoms with Crippen molar-refractivity contribution in [3.8, 4) is 0 Å². The van der Waals surface area contributed by atoms with Gasteiger partial charge in [0.25, 0.3) is 0 Å². The molecule has 2 aromatic rings. The van der Waals surface area contributed by atoms with Crippen LogP contribution in [0.4, 0.5) is 0 Å². The lowest BCUT2D eigenvalue weighted by molar-refractivity contribution is 1.00. The Balaban J connectivity index is 2.94. The Kier molecular flexibility index (Phi) is 1.65. The van der Waals surface area contributed by atoms with Crippen LogP contribution in [0.5, 0.6) is 0 Å². The minimum absolute atomic E-state index is 1.07. The summed E-state index contributed by atoms with van der Waals surface area (Å²) < 4.78 is 2.22. The topological polar surface area (TPSA) is 17.3 Å². The van der Waals surface area contributed by atoms with Crippen molar-refractivity contribution in [2.45, 2.75) is 27.7 Å². The van der Waals surface area contributed by atoms with Crippen molar-refractivity contribution in [1.29, 1.82) is 0 Å². The zero-order valence-electron chi connectivity index (χ0n) is 8.55. The van der Waals surface area contributed by atoms with Crippen LogP contribution in [0.15, 0.2) is 12.3 Å². The molecular weight excluding hydrogens is 160 g/mol. The monoisotopic (exact) mass is 174 g/mol. The predicted octanol–water partition coefficient (Wildman–Crippen LogP) is 2.57. The molecule has 0 aliphatic carbocycles. The highest BCUT2D eigenvalue weighted by molar-refractivity contribution is 5.56. The minimum atomic E-state index is 1.07. The van der Waals surface area contributed by atoms with Gasteiger partial charge in [-0.1, -0.05) is 0 Å². The van der Waals surface area contributed by atoms with Gasteiger partial charge in [-0.25, -0.2) is 0 Å². The second-order valence-electron chi connectivity index (χ2n) is 3.64. The van der Waals surface area contributed by atoms with Crippen LogP contribution < -0.4 is 0 Å². The van der Waals surface area contributed by atoms with E-state index in [4.69, 9.17) is 0 Å². The average molecular weight is 174 g/mol. The summed E-state index contributed by atoms with van der Waals surface area (Å²) in [6.07, 6.45) is 2.09. The van der Waals surface area contributed by atoms with Crippen molar-refractivity contribution < 1.29 is 0 Å². The van der Waals surface area contributed by atoms with Crippen LogP contribution >= 0.6 is 0 Å². The van der Waals surface area contributed by atoms with Crippen molar-refractivity contribution in [2.24, 2.45) is 0 Å². The molecule has 2 heterocycles. The summed E-state index contributed by atoms with van der Waals surface area (Å²) in [5, 5.41) is 0. The molecule has 0 saturated heterocycles. The Morgan fingerprint density at radius 1 is 1.15 bits per heavy atom. The van der Waals surface area contributed by atoms with Crippen molar-refractivity contribution in [3.05, 3.63) is 34.9 Å². The van der Waals surface area contributed by atoms with E-state index in [-0.39, 0.29) is 0 Å². The van der Waals surface area contributed by atoms with Gasteiger partial charge >= 0.3 is 0 Å². The van der Waals surface area contributed by atoms with E-state index in [1.54, 1.807) is 0 Å². The van der Waals surface area contributed by atoms with Crippen LogP contribution in [0.1, 0.15) is 22.6 Å². The fourth-order valence-corrected chi connectivity index (χ4v) is 1.73. The fraction of sp³-hybridized carbons (Fsp3) is 0.364. The molecule has 0 bridgehead atoms. The van der Waals surface area contributed by atoms with Gasteiger partial charge in [0.2, 0.25) is 0 Å². The highest BCUT2D eigenvalue weighted by Crippen LogP contribution is 2.17. The number of rotatable bonds is 0. The number of hydrogen-bond donors (Lipinski definition) is 0. The van der Waals surface area contributed by atoms with Gasteiger partial charge in [-0.15, -0.1) is 0 Å². The van der Waals surface area contributed by atoms with Crippen molar-refractivity contribution in [3.63, 3.8) is 0 Å². The summed E-state index contributed by atoms with van der Waals surface area (Å²) in [6, 6.07) is 2.19. The van der Waals surface area contributed by atoms with E-state index in [1.165, 1.54) is 16.8 Å². The van der Waals surface area contributed by atoms with Gasteiger partial charge in [-0.3, -0.25) is 4.98 Å². The lowest BCUT2D eigenvalue weighted by Crippen LogP contribution is -1.95. The first-order valence-electron chi connectivity index (χ1n) is 4.52. The molecule has 2 heteroatoms. The summed E-state index contributed by atoms with van der Waals surface area (Å²) >= 11 is 0. The highest BCUT2D eigenvalue weighted by atomic mass is 14.9. The molecule has 0 aliphatic rings. The van der Waals surface area contributed by atoms with E-state index in [1.807, 2.05) is 6.92 Å². The first kappa shape index (κ1) is 8.30. The van der Waals surface area contributed by atoms with E-state index in [2.05, 4.69) is 42.4 Å². The van der Waals surface area contributed by atoms with Crippen LogP contribution in [-0.2, 0) is 0 Å². The molecular formula is C11H14N2. The molecule has 0 saturated carbocycles. The molecule has 0 atom stereocenters. The number of aromatic nitrogens is 2. The quantitative estimate of drug-likeness (QED) is 0.600. The van der Waals surface area contributed by atoms with Crippen LogP contribution in [0, 0.1) is 27.7 Å². The molecule has 0 aliphatic heterocycles. The molecule has 13 heavy (non-hydrogen) atoms. The molecule has 0 unspecified atom stereocenters. The Morgan fingerprint density at radius 2 is 1.85 bits per heavy atom. The van der Waals surface area contributed by atoms with Gasteiger partial charge in [0.1, 0.15) is 0 Å². The van der Waals surface area contributed by atoms with Crippen molar-refractivity contribution in [2.75, 3.05) is 0 Å². The first-order chi connectivity index (χ1) is 6.09. The lowest BCUT2D eigenvalue weighted by Gasteiger charge is -2.02. The van der Waals surface area contributed by atoms with Crippen LogP contribution in [0.25, 0.3) is 5.52 Å². The van der Waals surface area contributed by atoms with E-state index >= 15 is 0 Å². The minimum Gasteiger partial charge on any atom is -0.317 e. The maximum Gasteiger partial charge on any atom is 0.0669 e. The number of hydrogen-bond acceptors (Lipinski definition) is 1. The summed E-state index contributed by atoms with van der Waals surface area (Å²) in [7, 11) is 0. The molecule has 0 amide bonds. The normalized spacial score (nSPS) is 11.1. The Morgan fingerprint density at radius 3 is 2.54 bits per heavy atom. The molecule has 0 aromatic carbocycles. The van der Waals surface area contributed by atoms with Gasteiger partial charge in [-0.2, -0.15) is 0 Å². The Hall–Kier alpha value is -1.31. The molecule has 0 fully saturated rings. The third-order valence-corrected chi connectivity index (χ3v) is 2.58. The zero-order chi connectivity index (χ0) is 9.59. The molecule has 0 spiro atoms. The van der Waals surface area contributed by atoms with Crippen molar-refractivity contribution in [1.82, 2.24) is 9.38 Å². The summed E-state index contributed by atoms with van der Waals surface area (Å²) in [6.45, 7) is 8.36. The average Bonchev–Trinajstić information content (AvgIpc) is 2.32. The largest absolute Gasteiger partial charge is 0.317 e. The zero-order valence-corrected chi connectivity index (χ0v) is 8.55. The number of aryl methyl sites for hydroxylation is 4. The van der Waals surface area contributed by atoms with Crippen molar-refractivity contribution >= 4 is 5.52 Å². The summed E-state index contributed by atoms with van der Waals surface area (Å²) in [5.41, 5.74) is 6.04. The Bertz CT molecular complexity index is 466. The smallest absolute Gasteiger partial charge is 0.0669 e. The van der Waals surface area contributed by atoms with E-state index in [9.17, 15) is 0 Å². The fourth-order valence-electron chi connectivity index (χ4n) is 1.73. The third-order valence-electron chi connectivity index (χ3n) is 2.58. The second kappa shape index (κ2) is 2.59. The molecule has 0 N–H and O–H groups in total. The standard InChI is InChI=1S/C11H14N2/c1-7-5-11-9(3)12-8(2)6-13(11)10(7)4/h5-6H,1-4H3. The molecule has 0 radical (unpaired) electrons. The van der Waals surface area contributed by atoms with E-state index < -0.39 is 0 Å². The molecule has 2 rings (SSSR count). The van der Waals surface area contributed by atoms with E-state index in [0.717, 1.165) is 11.4 Å². The molecule has 2 aromatic heterocycles. The lowest BCUT2D eigenvalue weighted by atomic mass is 10.3. The van der Waals surface area contributed by atoms with Gasteiger partial charge < -0.3 is 4.40 Å². The number of nitrogens with zero attached hydrogens (tertiary/aromatic N) is 2. The van der Waals surface area contributed by atoms with Gasteiger partial charge in [0.05, 0.1) is 16.9 Å².